The molecule has 2 atom stereocenters. The molecule has 0 unspecified atom stereocenters. The summed E-state index contributed by atoms with van der Waals surface area (Å²) in [5.74, 6) is 0.0420. The average Bonchev–Trinajstić information content (AvgIpc) is 3.12. The van der Waals surface area contributed by atoms with Gasteiger partial charge in [-0.3, -0.25) is 9.10 Å². The van der Waals surface area contributed by atoms with Crippen LogP contribution in [0.2, 0.25) is 0 Å². The maximum absolute atomic E-state index is 12.4. The second-order valence-corrected chi connectivity index (χ2v) is 8.07. The fourth-order valence-electron chi connectivity index (χ4n) is 2.89. The maximum atomic E-state index is 12.4. The highest BCUT2D eigenvalue weighted by Gasteiger charge is 2.36. The van der Waals surface area contributed by atoms with Crippen LogP contribution in [-0.4, -0.2) is 52.0 Å². The Balaban J connectivity index is 1.75. The van der Waals surface area contributed by atoms with E-state index in [1.165, 1.54) is 4.31 Å². The van der Waals surface area contributed by atoms with Gasteiger partial charge in [0.2, 0.25) is 10.0 Å². The van der Waals surface area contributed by atoms with Gasteiger partial charge in [0.1, 0.15) is 5.75 Å². The van der Waals surface area contributed by atoms with Gasteiger partial charge < -0.3 is 14.8 Å². The van der Waals surface area contributed by atoms with E-state index in [2.05, 4.69) is 5.32 Å². The number of carbonyl (C=O) groups is 1. The number of nitrogens with one attached hydrogen (secondary N) is 1. The molecule has 3 rings (SSSR count). The van der Waals surface area contributed by atoms with E-state index in [0.29, 0.717) is 18.0 Å². The number of carbonyl (C=O) groups excluding carboxylic acids is 1. The third-order valence-corrected chi connectivity index (χ3v) is 6.00. The molecule has 1 aromatic carbocycles. The van der Waals surface area contributed by atoms with Crippen LogP contribution in [0.15, 0.2) is 24.3 Å². The van der Waals surface area contributed by atoms with Crippen LogP contribution in [-0.2, 0) is 19.6 Å². The lowest BCUT2D eigenvalue weighted by Crippen LogP contribution is -2.51. The van der Waals surface area contributed by atoms with Crippen LogP contribution in [0.4, 0.5) is 5.69 Å². The number of fused-ring (bicyclic) bond motifs is 1. The summed E-state index contributed by atoms with van der Waals surface area (Å²) in [6.45, 7) is 2.70. The van der Waals surface area contributed by atoms with E-state index in [9.17, 15) is 13.2 Å². The molecular weight excluding hydrogens is 332 g/mol. The highest BCUT2D eigenvalue weighted by atomic mass is 32.2. The molecule has 0 aromatic heterocycles. The second-order valence-electron chi connectivity index (χ2n) is 5.89. The first-order valence-electron chi connectivity index (χ1n) is 8.16. The average molecular weight is 354 g/mol. The van der Waals surface area contributed by atoms with Gasteiger partial charge in [-0.2, -0.15) is 0 Å². The van der Waals surface area contributed by atoms with Gasteiger partial charge in [-0.15, -0.1) is 0 Å². The molecule has 132 valence electrons. The monoisotopic (exact) mass is 354 g/mol. The van der Waals surface area contributed by atoms with Crippen LogP contribution in [0.25, 0.3) is 0 Å². The Morgan fingerprint density at radius 2 is 2.17 bits per heavy atom. The van der Waals surface area contributed by atoms with Gasteiger partial charge in [0.05, 0.1) is 24.1 Å². The summed E-state index contributed by atoms with van der Waals surface area (Å²) < 4.78 is 37.2. The number of benzene rings is 1. The molecule has 1 saturated heterocycles. The Bertz CT molecular complexity index is 700. The Hall–Kier alpha value is -1.80. The van der Waals surface area contributed by atoms with Crippen molar-refractivity contribution in [2.24, 2.45) is 0 Å². The quantitative estimate of drug-likeness (QED) is 0.849. The number of hydrogen-bond donors (Lipinski definition) is 1. The molecule has 2 heterocycles. The van der Waals surface area contributed by atoms with E-state index in [1.54, 1.807) is 31.2 Å². The fourth-order valence-corrected chi connectivity index (χ4v) is 4.02. The summed E-state index contributed by atoms with van der Waals surface area (Å²) in [5, 5.41) is 2.80. The number of ether oxygens (including phenoxy) is 2. The molecule has 1 N–H and O–H groups in total. The van der Waals surface area contributed by atoms with Crippen molar-refractivity contribution in [1.29, 1.82) is 0 Å². The van der Waals surface area contributed by atoms with E-state index >= 15 is 0 Å². The van der Waals surface area contributed by atoms with Crippen LogP contribution in [0.3, 0.4) is 0 Å². The first-order chi connectivity index (χ1) is 11.5. The molecule has 24 heavy (non-hydrogen) atoms. The predicted octanol–water partition coefficient (Wildman–Crippen LogP) is 0.899. The van der Waals surface area contributed by atoms with Crippen LogP contribution in [0.1, 0.15) is 19.8 Å². The second kappa shape index (κ2) is 6.98. The predicted molar refractivity (Wildman–Crippen MR) is 89.6 cm³/mol. The molecule has 8 heteroatoms. The Morgan fingerprint density at radius 3 is 2.88 bits per heavy atom. The van der Waals surface area contributed by atoms with E-state index < -0.39 is 16.1 Å². The van der Waals surface area contributed by atoms with Crippen molar-refractivity contribution in [3.8, 4) is 5.75 Å². The molecule has 0 aliphatic carbocycles. The smallest absolute Gasteiger partial charge is 0.263 e. The van der Waals surface area contributed by atoms with Crippen LogP contribution < -0.4 is 14.4 Å². The molecule has 2 aliphatic heterocycles. The molecule has 1 fully saturated rings. The maximum Gasteiger partial charge on any atom is 0.263 e. The van der Waals surface area contributed by atoms with Gasteiger partial charge >= 0.3 is 0 Å². The van der Waals surface area contributed by atoms with Gasteiger partial charge in [0, 0.05) is 13.2 Å². The van der Waals surface area contributed by atoms with Gasteiger partial charge in [0.15, 0.2) is 6.10 Å². The summed E-state index contributed by atoms with van der Waals surface area (Å²) in [6, 6.07) is 6.86. The molecule has 0 saturated carbocycles. The van der Waals surface area contributed by atoms with Crippen molar-refractivity contribution in [1.82, 2.24) is 5.32 Å². The van der Waals surface area contributed by atoms with Crippen molar-refractivity contribution in [3.63, 3.8) is 0 Å². The zero-order chi connectivity index (χ0) is 17.2. The van der Waals surface area contributed by atoms with Crippen molar-refractivity contribution in [2.45, 2.75) is 32.0 Å². The number of amides is 1. The van der Waals surface area contributed by atoms with Gasteiger partial charge in [-0.1, -0.05) is 12.1 Å². The van der Waals surface area contributed by atoms with E-state index in [0.717, 1.165) is 19.4 Å². The van der Waals surface area contributed by atoms with Crippen molar-refractivity contribution < 1.29 is 22.7 Å². The van der Waals surface area contributed by atoms with E-state index in [1.807, 2.05) is 0 Å². The first-order valence-corrected chi connectivity index (χ1v) is 9.77. The van der Waals surface area contributed by atoms with E-state index in [-0.39, 0.29) is 24.3 Å². The number of anilines is 1. The van der Waals surface area contributed by atoms with Crippen molar-refractivity contribution >= 4 is 21.6 Å². The minimum absolute atomic E-state index is 0.0233. The first kappa shape index (κ1) is 17.0. The molecule has 7 nitrogen and oxygen atoms in total. The number of hydrogen-bond acceptors (Lipinski definition) is 5. The number of sulfonamides is 1. The normalized spacial score (nSPS) is 23.5. The molecule has 1 aromatic rings. The van der Waals surface area contributed by atoms with Crippen molar-refractivity contribution in [3.05, 3.63) is 24.3 Å². The fraction of sp³-hybridized carbons (Fsp3) is 0.562. The van der Waals surface area contributed by atoms with Crippen LogP contribution >= 0.6 is 0 Å². The summed E-state index contributed by atoms with van der Waals surface area (Å²) in [5.41, 5.74) is 0.475. The lowest BCUT2D eigenvalue weighted by atomic mass is 10.2. The summed E-state index contributed by atoms with van der Waals surface area (Å²) >= 11 is 0. The minimum atomic E-state index is -3.48. The number of rotatable bonds is 5. The topological polar surface area (TPSA) is 84.9 Å². The highest BCUT2D eigenvalue weighted by Crippen LogP contribution is 2.35. The zero-order valence-corrected chi connectivity index (χ0v) is 14.4. The molecule has 0 radical (unpaired) electrons. The van der Waals surface area contributed by atoms with E-state index in [4.69, 9.17) is 9.47 Å². The van der Waals surface area contributed by atoms with Gasteiger partial charge in [-0.05, 0) is 31.9 Å². The third-order valence-electron chi connectivity index (χ3n) is 4.26. The largest absolute Gasteiger partial charge is 0.476 e. The number of para-hydroxylation sites is 2. The summed E-state index contributed by atoms with van der Waals surface area (Å²) in [7, 11) is -3.48. The van der Waals surface area contributed by atoms with Crippen molar-refractivity contribution in [2.75, 3.05) is 29.8 Å². The molecule has 1 amide bonds. The summed E-state index contributed by atoms with van der Waals surface area (Å²) in [6.07, 6.45) is 1.07. The van der Waals surface area contributed by atoms with Gasteiger partial charge in [0.25, 0.3) is 5.91 Å². The van der Waals surface area contributed by atoms with Gasteiger partial charge in [-0.25, -0.2) is 8.42 Å². The zero-order valence-electron chi connectivity index (χ0n) is 13.6. The lowest BCUT2D eigenvalue weighted by Gasteiger charge is -2.34. The SMILES string of the molecule is CCS(=O)(=O)N1C[C@@H](C(=O)NC[C@@H]2CCCO2)Oc2ccccc21. The van der Waals surface area contributed by atoms with Crippen LogP contribution in [0.5, 0.6) is 5.75 Å². The minimum Gasteiger partial charge on any atom is -0.476 e. The standard InChI is InChI=1S/C16H22N2O5S/c1-2-24(20,21)18-11-15(23-14-8-4-3-7-13(14)18)16(19)17-10-12-6-5-9-22-12/h3-4,7-8,12,15H,2,5-6,9-11H2,1H3,(H,17,19)/t12-,15-/m0/s1. The molecular formula is C16H22N2O5S. The Morgan fingerprint density at radius 1 is 1.38 bits per heavy atom. The highest BCUT2D eigenvalue weighted by molar-refractivity contribution is 7.92. The van der Waals surface area contributed by atoms with Crippen LogP contribution in [0, 0.1) is 0 Å². The summed E-state index contributed by atoms with van der Waals surface area (Å²) in [4.78, 5) is 12.4. The Labute approximate surface area is 142 Å². The molecule has 2 aliphatic rings. The number of nitrogens with zero attached hydrogens (tertiary/aromatic N) is 1. The third kappa shape index (κ3) is 3.49. The molecule has 0 spiro atoms. The molecule has 0 bridgehead atoms. The Kier molecular flexibility index (Phi) is 4.96. The lowest BCUT2D eigenvalue weighted by molar-refractivity contribution is -0.128.